The molecule has 1 amide bonds. The van der Waals surface area contributed by atoms with Crippen molar-refractivity contribution >= 4 is 34.5 Å². The van der Waals surface area contributed by atoms with Crippen LogP contribution in [0.2, 0.25) is 5.28 Å². The van der Waals surface area contributed by atoms with Crippen molar-refractivity contribution in [1.82, 2.24) is 24.8 Å². The fourth-order valence-electron chi connectivity index (χ4n) is 5.12. The third-order valence-corrected chi connectivity index (χ3v) is 5.79. The summed E-state index contributed by atoms with van der Waals surface area (Å²) in [5.41, 5.74) is 1.79. The number of carbonyl (C=O) groups is 1. The molecular weight excluding hydrogens is 352 g/mol. The van der Waals surface area contributed by atoms with Gasteiger partial charge in [-0.2, -0.15) is 9.97 Å². The molecule has 8 heteroatoms. The van der Waals surface area contributed by atoms with Crippen LogP contribution in [0.25, 0.3) is 11.2 Å². The fourth-order valence-corrected chi connectivity index (χ4v) is 5.28. The summed E-state index contributed by atoms with van der Waals surface area (Å²) in [7, 11) is 0. The lowest BCUT2D eigenvalue weighted by atomic mass is 9.65. The Kier molecular flexibility index (Phi) is 4.10. The zero-order valence-electron chi connectivity index (χ0n) is 15.5. The molecule has 1 saturated carbocycles. The first kappa shape index (κ1) is 17.5. The van der Waals surface area contributed by atoms with E-state index in [1.54, 1.807) is 6.33 Å². The fraction of sp³-hybridized carbons (Fsp3) is 0.667. The van der Waals surface area contributed by atoms with Crippen LogP contribution in [0.4, 0.5) is 5.82 Å². The molecule has 0 spiro atoms. The first-order valence-electron chi connectivity index (χ1n) is 9.15. The number of aromatic nitrogens is 4. The first-order valence-corrected chi connectivity index (χ1v) is 9.53. The Bertz CT molecular complexity index is 849. The maximum absolute atomic E-state index is 12.8. The number of halogens is 1. The number of hydrogen-bond acceptors (Lipinski definition) is 5. The summed E-state index contributed by atoms with van der Waals surface area (Å²) in [5.74, 6) is 0.795. The Morgan fingerprint density at radius 1 is 1.38 bits per heavy atom. The molecule has 0 unspecified atom stereocenters. The normalized spacial score (nSPS) is 27.1. The summed E-state index contributed by atoms with van der Waals surface area (Å²) in [5, 5.41) is 3.34. The average molecular weight is 377 g/mol. The number of imidazole rings is 1. The predicted octanol–water partition coefficient (Wildman–Crippen LogP) is 3.24. The largest absolute Gasteiger partial charge is 0.368 e. The predicted molar refractivity (Wildman–Crippen MR) is 101 cm³/mol. The summed E-state index contributed by atoms with van der Waals surface area (Å²) >= 11 is 5.94. The molecule has 1 saturated heterocycles. The number of anilines is 1. The van der Waals surface area contributed by atoms with Gasteiger partial charge in [0.2, 0.25) is 11.2 Å². The van der Waals surface area contributed by atoms with Crippen molar-refractivity contribution in [2.45, 2.75) is 52.5 Å². The number of fused-ring (bicyclic) bond motifs is 3. The van der Waals surface area contributed by atoms with Crippen LogP contribution in [-0.4, -0.2) is 49.9 Å². The van der Waals surface area contributed by atoms with E-state index in [1.807, 2.05) is 0 Å². The molecule has 2 fully saturated rings. The van der Waals surface area contributed by atoms with Gasteiger partial charge in [-0.25, -0.2) is 4.98 Å². The molecule has 2 atom stereocenters. The second kappa shape index (κ2) is 6.08. The van der Waals surface area contributed by atoms with E-state index in [-0.39, 0.29) is 16.6 Å². The lowest BCUT2D eigenvalue weighted by Crippen LogP contribution is -2.38. The summed E-state index contributed by atoms with van der Waals surface area (Å²) in [6.07, 6.45) is 5.41. The van der Waals surface area contributed by atoms with Gasteiger partial charge in [0.1, 0.15) is 5.52 Å². The molecule has 0 aromatic carbocycles. The van der Waals surface area contributed by atoms with Crippen LogP contribution in [0.3, 0.4) is 0 Å². The van der Waals surface area contributed by atoms with E-state index in [1.165, 1.54) is 6.42 Å². The van der Waals surface area contributed by atoms with Crippen molar-refractivity contribution < 1.29 is 4.79 Å². The van der Waals surface area contributed by atoms with Gasteiger partial charge in [0.25, 0.3) is 0 Å². The molecule has 26 heavy (non-hydrogen) atoms. The molecular formula is C18H25ClN6O. The molecule has 2 aromatic rings. The Hall–Kier alpha value is -1.89. The minimum absolute atomic E-state index is 0.141. The molecule has 2 aliphatic rings. The maximum atomic E-state index is 12.8. The second-order valence-electron chi connectivity index (χ2n) is 8.85. The van der Waals surface area contributed by atoms with E-state index in [9.17, 15) is 4.79 Å². The lowest BCUT2D eigenvalue weighted by Gasteiger charge is -2.39. The highest BCUT2D eigenvalue weighted by molar-refractivity contribution is 6.28. The quantitative estimate of drug-likeness (QED) is 0.800. The van der Waals surface area contributed by atoms with Crippen LogP contribution in [0.1, 0.15) is 46.5 Å². The number of H-pyrrole nitrogens is 1. The van der Waals surface area contributed by atoms with Crippen molar-refractivity contribution in [2.24, 2.45) is 10.8 Å². The van der Waals surface area contributed by atoms with Crippen LogP contribution >= 0.6 is 11.6 Å². The monoisotopic (exact) mass is 376 g/mol. The van der Waals surface area contributed by atoms with Gasteiger partial charge >= 0.3 is 0 Å². The molecule has 1 aliphatic carbocycles. The number of nitrogens with one attached hydrogen (secondary N) is 2. The Morgan fingerprint density at radius 3 is 3.00 bits per heavy atom. The van der Waals surface area contributed by atoms with E-state index >= 15 is 0 Å². The Labute approximate surface area is 157 Å². The molecule has 2 bridgehead atoms. The van der Waals surface area contributed by atoms with Crippen molar-refractivity contribution in [3.63, 3.8) is 0 Å². The van der Waals surface area contributed by atoms with E-state index in [4.69, 9.17) is 11.6 Å². The molecule has 2 aromatic heterocycles. The summed E-state index contributed by atoms with van der Waals surface area (Å²) in [6, 6.07) is 0.379. The van der Waals surface area contributed by atoms with E-state index in [0.29, 0.717) is 41.4 Å². The summed E-state index contributed by atoms with van der Waals surface area (Å²) < 4.78 is 0. The van der Waals surface area contributed by atoms with Gasteiger partial charge in [0.15, 0.2) is 11.5 Å². The van der Waals surface area contributed by atoms with Gasteiger partial charge in [0, 0.05) is 25.6 Å². The first-order chi connectivity index (χ1) is 12.2. The SMILES string of the molecule is CC1(C)C[C@@H]2C[C@](C)(CN2C(=O)CCNc2nc(Cl)nc3nc[nH]c23)C1. The summed E-state index contributed by atoms with van der Waals surface area (Å²) in [6.45, 7) is 8.35. The van der Waals surface area contributed by atoms with Crippen LogP contribution in [-0.2, 0) is 4.79 Å². The van der Waals surface area contributed by atoms with E-state index < -0.39 is 0 Å². The zero-order chi connectivity index (χ0) is 18.5. The van der Waals surface area contributed by atoms with Gasteiger partial charge in [-0.05, 0) is 41.7 Å². The number of carbonyl (C=O) groups excluding carboxylic acids is 1. The number of hydrogen-bond donors (Lipinski definition) is 2. The summed E-state index contributed by atoms with van der Waals surface area (Å²) in [4.78, 5) is 30.3. The number of amides is 1. The van der Waals surface area contributed by atoms with Gasteiger partial charge in [-0.3, -0.25) is 4.79 Å². The van der Waals surface area contributed by atoms with Crippen molar-refractivity contribution in [3.8, 4) is 0 Å². The highest BCUT2D eigenvalue weighted by Gasteiger charge is 2.50. The molecule has 4 rings (SSSR count). The number of likely N-dealkylation sites (tertiary alicyclic amines) is 1. The van der Waals surface area contributed by atoms with Gasteiger partial charge < -0.3 is 15.2 Å². The maximum Gasteiger partial charge on any atom is 0.226 e. The molecule has 3 heterocycles. The second-order valence-corrected chi connectivity index (χ2v) is 9.19. The van der Waals surface area contributed by atoms with E-state index in [2.05, 4.69) is 50.9 Å². The Balaban J connectivity index is 1.39. The minimum Gasteiger partial charge on any atom is -0.368 e. The highest BCUT2D eigenvalue weighted by Crippen LogP contribution is 2.52. The van der Waals surface area contributed by atoms with Gasteiger partial charge in [-0.15, -0.1) is 0 Å². The average Bonchev–Trinajstić information content (AvgIpc) is 3.07. The van der Waals surface area contributed by atoms with Crippen molar-refractivity contribution in [1.29, 1.82) is 0 Å². The zero-order valence-corrected chi connectivity index (χ0v) is 16.2. The van der Waals surface area contributed by atoms with Crippen molar-refractivity contribution in [2.75, 3.05) is 18.4 Å². The van der Waals surface area contributed by atoms with Crippen LogP contribution in [0.15, 0.2) is 6.33 Å². The van der Waals surface area contributed by atoms with Crippen molar-refractivity contribution in [3.05, 3.63) is 11.6 Å². The molecule has 1 aliphatic heterocycles. The number of aromatic amines is 1. The highest BCUT2D eigenvalue weighted by atomic mass is 35.5. The third kappa shape index (κ3) is 3.24. The molecule has 0 radical (unpaired) electrons. The van der Waals surface area contributed by atoms with Gasteiger partial charge in [-0.1, -0.05) is 20.8 Å². The van der Waals surface area contributed by atoms with Crippen LogP contribution in [0, 0.1) is 10.8 Å². The standard InChI is InChI=1S/C18H25ClN6O/c1-17(2)6-11-7-18(3,8-17)9-25(11)12(26)4-5-20-14-13-15(22-10-21-13)24-16(19)23-14/h10-11H,4-9H2,1-3H3,(H2,20,21,22,23,24)/t11-,18+/m1/s1. The third-order valence-electron chi connectivity index (χ3n) is 5.62. The Morgan fingerprint density at radius 2 is 2.19 bits per heavy atom. The van der Waals surface area contributed by atoms with E-state index in [0.717, 1.165) is 19.4 Å². The molecule has 7 nitrogen and oxygen atoms in total. The lowest BCUT2D eigenvalue weighted by molar-refractivity contribution is -0.132. The number of rotatable bonds is 4. The van der Waals surface area contributed by atoms with Crippen LogP contribution < -0.4 is 5.32 Å². The van der Waals surface area contributed by atoms with Gasteiger partial charge in [0.05, 0.1) is 6.33 Å². The molecule has 140 valence electrons. The topological polar surface area (TPSA) is 86.8 Å². The number of nitrogens with zero attached hydrogens (tertiary/aromatic N) is 4. The van der Waals surface area contributed by atoms with Crippen LogP contribution in [0.5, 0.6) is 0 Å². The smallest absolute Gasteiger partial charge is 0.226 e. The molecule has 2 N–H and O–H groups in total. The minimum atomic E-state index is 0.141.